The molecule has 2 aromatic rings. The molecule has 0 amide bonds. The molecular weight excluding hydrogens is 442 g/mol. The van der Waals surface area contributed by atoms with Gasteiger partial charge < -0.3 is 24.8 Å². The molecule has 0 saturated carbocycles. The number of hydrogen-bond acceptors (Lipinski definition) is 1. The first-order valence-electron chi connectivity index (χ1n) is 8.71. The average molecular weight is 466 g/mol. The van der Waals surface area contributed by atoms with Gasteiger partial charge in [-0.05, 0) is 0 Å². The van der Waals surface area contributed by atoms with E-state index in [1.807, 2.05) is 0 Å². The molecule has 0 spiro atoms. The summed E-state index contributed by atoms with van der Waals surface area (Å²) in [6.07, 6.45) is 9.19. The van der Waals surface area contributed by atoms with Gasteiger partial charge in [-0.2, -0.15) is 0 Å². The molecule has 0 bridgehead atoms. The second kappa shape index (κ2) is 8.91. The van der Waals surface area contributed by atoms with Crippen molar-refractivity contribution in [3.8, 4) is 16.9 Å². The molecule has 0 fully saturated rings. The summed E-state index contributed by atoms with van der Waals surface area (Å²) in [4.78, 5) is 0. The van der Waals surface area contributed by atoms with E-state index in [0.29, 0.717) is 0 Å². The monoisotopic (exact) mass is 463 g/mol. The van der Waals surface area contributed by atoms with E-state index in [-0.39, 0.29) is 24.8 Å². The van der Waals surface area contributed by atoms with Crippen LogP contribution < -0.4 is 32.8 Å². The van der Waals surface area contributed by atoms with Crippen molar-refractivity contribution in [2.45, 2.75) is 30.3 Å². The number of rotatable bonds is 4. The Balaban J connectivity index is 0.00000121. The molecule has 0 aromatic heterocycles. The van der Waals surface area contributed by atoms with E-state index >= 15 is 0 Å². The molecule has 26 heavy (non-hydrogen) atoms. The number of methoxy groups -OCH3 is 1. The fourth-order valence-electron chi connectivity index (χ4n) is 4.06. The minimum atomic E-state index is -1.91. The van der Waals surface area contributed by atoms with Crippen LogP contribution in [0.1, 0.15) is 31.4 Å². The van der Waals surface area contributed by atoms with Crippen LogP contribution in [0.3, 0.4) is 0 Å². The zero-order valence-electron chi connectivity index (χ0n) is 15.4. The molecule has 0 N–H and O–H groups in total. The van der Waals surface area contributed by atoms with Crippen molar-refractivity contribution in [3.05, 3.63) is 69.0 Å². The molecular formula is C22H23Cl2OZr. The van der Waals surface area contributed by atoms with Gasteiger partial charge in [0.2, 0.25) is 0 Å². The summed E-state index contributed by atoms with van der Waals surface area (Å²) in [5.41, 5.74) is 5.85. The molecule has 1 nitrogen and oxygen atoms in total. The van der Waals surface area contributed by atoms with Crippen LogP contribution in [0.4, 0.5) is 0 Å². The predicted octanol–water partition coefficient (Wildman–Crippen LogP) is -0.810. The van der Waals surface area contributed by atoms with Gasteiger partial charge in [0, 0.05) is 0 Å². The van der Waals surface area contributed by atoms with Crippen molar-refractivity contribution in [1.82, 2.24) is 0 Å². The second-order valence-corrected chi connectivity index (χ2v) is 14.7. The van der Waals surface area contributed by atoms with Crippen LogP contribution in [0, 0.1) is 0 Å². The minimum Gasteiger partial charge on any atom is -1.00 e. The zero-order chi connectivity index (χ0) is 16.7. The van der Waals surface area contributed by atoms with E-state index in [9.17, 15) is 0 Å². The Morgan fingerprint density at radius 1 is 1.04 bits per heavy atom. The summed E-state index contributed by atoms with van der Waals surface area (Å²) in [5, 5.41) is 0. The molecule has 2 aliphatic rings. The SMILES string of the molecule is COc1cc2c([c]([Zr+2]([C]3=CC=CC3)[CH](C)C)c1)Cc1ccccc1-2.[Cl-].[Cl-]. The summed E-state index contributed by atoms with van der Waals surface area (Å²) >= 11 is -1.91. The predicted molar refractivity (Wildman–Crippen MR) is 97.8 cm³/mol. The van der Waals surface area contributed by atoms with Crippen molar-refractivity contribution < 1.29 is 51.3 Å². The van der Waals surface area contributed by atoms with E-state index in [1.165, 1.54) is 16.7 Å². The molecule has 0 atom stereocenters. The Morgan fingerprint density at radius 3 is 2.46 bits per heavy atom. The number of allylic oxidation sites excluding steroid dienone is 4. The van der Waals surface area contributed by atoms with Crippen LogP contribution in [-0.4, -0.2) is 7.11 Å². The van der Waals surface area contributed by atoms with Gasteiger partial charge in [0.15, 0.2) is 0 Å². The van der Waals surface area contributed by atoms with Crippen molar-refractivity contribution in [2.75, 3.05) is 7.11 Å². The standard InChI is InChI=1S/C14H11O.C5H5.C3H7.2ClH.Zr/c1-15-12-7-6-11-8-10-4-2-3-5-13(10)14(11)9-12;1-2-4-5-3-1;1-3-2;;;/h2-5,7,9H,8H2,1H3;1-3H,4H2;3H,1-2H3;2*1H;/q;;;;;+2/p-2. The first kappa shape index (κ1) is 21.5. The summed E-state index contributed by atoms with van der Waals surface area (Å²) in [6.45, 7) is 4.84. The summed E-state index contributed by atoms with van der Waals surface area (Å²) in [5.74, 6) is 1.02. The van der Waals surface area contributed by atoms with Gasteiger partial charge in [-0.1, -0.05) is 0 Å². The summed E-state index contributed by atoms with van der Waals surface area (Å²) in [6, 6.07) is 13.5. The van der Waals surface area contributed by atoms with Crippen molar-refractivity contribution in [1.29, 1.82) is 0 Å². The third-order valence-corrected chi connectivity index (χ3v) is 13.1. The third-order valence-electron chi connectivity index (χ3n) is 5.12. The molecule has 0 heterocycles. The van der Waals surface area contributed by atoms with E-state index in [2.05, 4.69) is 68.5 Å². The Bertz CT molecular complexity index is 855. The van der Waals surface area contributed by atoms with Crippen LogP contribution in [0.25, 0.3) is 11.1 Å². The van der Waals surface area contributed by atoms with Crippen LogP contribution in [0.2, 0.25) is 3.63 Å². The Kier molecular flexibility index (Phi) is 7.37. The van der Waals surface area contributed by atoms with Gasteiger partial charge in [-0.25, -0.2) is 0 Å². The van der Waals surface area contributed by atoms with Gasteiger partial charge >= 0.3 is 153 Å². The number of halogens is 2. The number of benzene rings is 2. The second-order valence-electron chi connectivity index (χ2n) is 6.93. The maximum Gasteiger partial charge on any atom is -1.00 e. The Morgan fingerprint density at radius 2 is 1.81 bits per heavy atom. The fourth-order valence-corrected chi connectivity index (χ4v) is 11.9. The molecule has 0 aliphatic heterocycles. The maximum absolute atomic E-state index is 5.68. The number of hydrogen-bond donors (Lipinski definition) is 0. The van der Waals surface area contributed by atoms with E-state index in [0.717, 1.165) is 22.2 Å². The van der Waals surface area contributed by atoms with Gasteiger partial charge in [0.05, 0.1) is 0 Å². The third kappa shape index (κ3) is 3.75. The first-order valence-corrected chi connectivity index (χ1v) is 12.6. The Hall–Kier alpha value is -0.817. The minimum absolute atomic E-state index is 0. The Labute approximate surface area is 177 Å². The molecule has 0 saturated heterocycles. The molecule has 4 heteroatoms. The van der Waals surface area contributed by atoms with Gasteiger partial charge in [-0.3, -0.25) is 0 Å². The smallest absolute Gasteiger partial charge is 1.00 e. The molecule has 2 aromatic carbocycles. The van der Waals surface area contributed by atoms with Gasteiger partial charge in [-0.15, -0.1) is 0 Å². The van der Waals surface area contributed by atoms with Crippen molar-refractivity contribution in [2.24, 2.45) is 0 Å². The number of ether oxygens (including phenoxy) is 1. The molecule has 0 radical (unpaired) electrons. The zero-order valence-corrected chi connectivity index (χ0v) is 19.3. The van der Waals surface area contributed by atoms with E-state index in [4.69, 9.17) is 4.74 Å². The van der Waals surface area contributed by atoms with Crippen molar-refractivity contribution >= 4 is 3.27 Å². The van der Waals surface area contributed by atoms with Crippen molar-refractivity contribution in [3.63, 3.8) is 0 Å². The largest absolute Gasteiger partial charge is 1.00 e. The van der Waals surface area contributed by atoms with Crippen LogP contribution >= 0.6 is 0 Å². The maximum atomic E-state index is 5.68. The van der Waals surface area contributed by atoms with E-state index < -0.39 is 21.8 Å². The molecule has 135 valence electrons. The molecule has 2 aliphatic carbocycles. The topological polar surface area (TPSA) is 9.23 Å². The van der Waals surface area contributed by atoms with Crippen LogP contribution in [-0.2, 0) is 28.2 Å². The fraction of sp³-hybridized carbons (Fsp3) is 0.273. The average Bonchev–Trinajstić information content (AvgIpc) is 3.22. The van der Waals surface area contributed by atoms with Crippen LogP contribution in [0.5, 0.6) is 5.75 Å². The van der Waals surface area contributed by atoms with E-state index in [1.54, 1.807) is 19.2 Å². The first-order chi connectivity index (χ1) is 11.7. The summed E-state index contributed by atoms with van der Waals surface area (Å²) < 4.78 is 9.81. The van der Waals surface area contributed by atoms with Crippen LogP contribution in [0.15, 0.2) is 57.9 Å². The molecule has 4 rings (SSSR count). The normalized spacial score (nSPS) is 13.5. The molecule has 0 unspecified atom stereocenters. The number of fused-ring (bicyclic) bond motifs is 3. The quantitative estimate of drug-likeness (QED) is 0.490. The van der Waals surface area contributed by atoms with Gasteiger partial charge in [0.1, 0.15) is 0 Å². The van der Waals surface area contributed by atoms with Gasteiger partial charge in [0.25, 0.3) is 0 Å². The summed E-state index contributed by atoms with van der Waals surface area (Å²) in [7, 11) is 1.79.